The van der Waals surface area contributed by atoms with Crippen molar-refractivity contribution in [3.63, 3.8) is 0 Å². The first-order valence-corrected chi connectivity index (χ1v) is 6.36. The second kappa shape index (κ2) is 5.36. The van der Waals surface area contributed by atoms with Gasteiger partial charge in [0, 0.05) is 11.1 Å². The minimum absolute atomic E-state index is 0.0245. The van der Waals surface area contributed by atoms with Crippen molar-refractivity contribution in [3.05, 3.63) is 63.6 Å². The third-order valence-electron chi connectivity index (χ3n) is 2.78. The van der Waals surface area contributed by atoms with Crippen molar-refractivity contribution in [3.8, 4) is 5.75 Å². The average molecular weight is 305 g/mol. The van der Waals surface area contributed by atoms with E-state index in [0.29, 0.717) is 11.1 Å². The molecule has 0 aliphatic carbocycles. The van der Waals surface area contributed by atoms with Gasteiger partial charge in [0.2, 0.25) is 0 Å². The summed E-state index contributed by atoms with van der Waals surface area (Å²) < 4.78 is 5.99. The third-order valence-corrected chi connectivity index (χ3v) is 3.40. The SMILES string of the molecule is COc1cc(C)c(C(=O)c2ccccc2)cc1Br. The molecule has 0 bridgehead atoms. The molecule has 0 unspecified atom stereocenters. The first-order chi connectivity index (χ1) is 8.63. The summed E-state index contributed by atoms with van der Waals surface area (Å²) in [7, 11) is 1.61. The van der Waals surface area contributed by atoms with Gasteiger partial charge in [-0.1, -0.05) is 30.3 Å². The fourth-order valence-electron chi connectivity index (χ4n) is 1.80. The van der Waals surface area contributed by atoms with Gasteiger partial charge < -0.3 is 4.74 Å². The molecule has 92 valence electrons. The summed E-state index contributed by atoms with van der Waals surface area (Å²) in [5.41, 5.74) is 2.29. The first kappa shape index (κ1) is 12.8. The number of rotatable bonds is 3. The van der Waals surface area contributed by atoms with Crippen molar-refractivity contribution in [2.45, 2.75) is 6.92 Å². The Bertz CT molecular complexity index is 577. The highest BCUT2D eigenvalue weighted by atomic mass is 79.9. The Morgan fingerprint density at radius 1 is 1.17 bits per heavy atom. The van der Waals surface area contributed by atoms with Crippen LogP contribution in [0.25, 0.3) is 0 Å². The van der Waals surface area contributed by atoms with Gasteiger partial charge in [-0.15, -0.1) is 0 Å². The van der Waals surface area contributed by atoms with E-state index in [1.165, 1.54) is 0 Å². The monoisotopic (exact) mass is 304 g/mol. The van der Waals surface area contributed by atoms with Crippen LogP contribution in [0.15, 0.2) is 46.9 Å². The van der Waals surface area contributed by atoms with Crippen molar-refractivity contribution in [2.75, 3.05) is 7.11 Å². The van der Waals surface area contributed by atoms with Gasteiger partial charge in [0.05, 0.1) is 11.6 Å². The molecule has 2 rings (SSSR count). The molecule has 2 aromatic carbocycles. The minimum Gasteiger partial charge on any atom is -0.496 e. The number of methoxy groups -OCH3 is 1. The van der Waals surface area contributed by atoms with Gasteiger partial charge in [-0.2, -0.15) is 0 Å². The number of ether oxygens (including phenoxy) is 1. The van der Waals surface area contributed by atoms with Gasteiger partial charge >= 0.3 is 0 Å². The molecular formula is C15H13BrO2. The zero-order valence-corrected chi connectivity index (χ0v) is 11.8. The largest absolute Gasteiger partial charge is 0.496 e. The highest BCUT2D eigenvalue weighted by Crippen LogP contribution is 2.29. The summed E-state index contributed by atoms with van der Waals surface area (Å²) in [5.74, 6) is 0.758. The van der Waals surface area contributed by atoms with Gasteiger partial charge in [-0.3, -0.25) is 4.79 Å². The normalized spacial score (nSPS) is 10.2. The molecule has 3 heteroatoms. The third kappa shape index (κ3) is 2.46. The van der Waals surface area contributed by atoms with Crippen molar-refractivity contribution >= 4 is 21.7 Å². The molecule has 0 heterocycles. The maximum absolute atomic E-state index is 12.4. The lowest BCUT2D eigenvalue weighted by Gasteiger charge is -2.09. The maximum Gasteiger partial charge on any atom is 0.193 e. The Kier molecular flexibility index (Phi) is 3.82. The zero-order valence-electron chi connectivity index (χ0n) is 10.2. The number of benzene rings is 2. The Balaban J connectivity index is 2.46. The lowest BCUT2D eigenvalue weighted by atomic mass is 9.99. The Labute approximate surface area is 115 Å². The number of hydrogen-bond donors (Lipinski definition) is 0. The maximum atomic E-state index is 12.4. The molecule has 2 nitrogen and oxygen atoms in total. The quantitative estimate of drug-likeness (QED) is 0.801. The average Bonchev–Trinajstić information content (AvgIpc) is 2.41. The highest BCUT2D eigenvalue weighted by Gasteiger charge is 2.14. The molecule has 0 spiro atoms. The van der Waals surface area contributed by atoms with Crippen LogP contribution >= 0.6 is 15.9 Å². The van der Waals surface area contributed by atoms with Crippen LogP contribution in [0.1, 0.15) is 21.5 Å². The molecule has 2 aromatic rings. The molecule has 0 amide bonds. The van der Waals surface area contributed by atoms with Crippen LogP contribution in [0.3, 0.4) is 0 Å². The van der Waals surface area contributed by atoms with Crippen LogP contribution in [0.2, 0.25) is 0 Å². The van der Waals surface area contributed by atoms with E-state index in [-0.39, 0.29) is 5.78 Å². The summed E-state index contributed by atoms with van der Waals surface area (Å²) in [4.78, 5) is 12.4. The Morgan fingerprint density at radius 3 is 2.44 bits per heavy atom. The van der Waals surface area contributed by atoms with E-state index in [2.05, 4.69) is 15.9 Å². The molecule has 0 saturated heterocycles. The van der Waals surface area contributed by atoms with Crippen LogP contribution in [0.5, 0.6) is 5.75 Å². The summed E-state index contributed by atoms with van der Waals surface area (Å²) in [6.45, 7) is 1.91. The summed E-state index contributed by atoms with van der Waals surface area (Å²) in [6, 6.07) is 12.9. The van der Waals surface area contributed by atoms with Crippen LogP contribution < -0.4 is 4.74 Å². The summed E-state index contributed by atoms with van der Waals surface area (Å²) in [6.07, 6.45) is 0. The predicted molar refractivity (Wildman–Crippen MR) is 75.3 cm³/mol. The van der Waals surface area contributed by atoms with Crippen molar-refractivity contribution in [1.82, 2.24) is 0 Å². The van der Waals surface area contributed by atoms with Gasteiger partial charge in [-0.25, -0.2) is 0 Å². The van der Waals surface area contributed by atoms with Crippen molar-refractivity contribution in [1.29, 1.82) is 0 Å². The molecule has 0 atom stereocenters. The molecule has 0 N–H and O–H groups in total. The molecule has 0 aliphatic rings. The standard InChI is InChI=1S/C15H13BrO2/c1-10-8-14(18-2)13(16)9-12(10)15(17)11-6-4-3-5-7-11/h3-9H,1-2H3. The molecule has 0 radical (unpaired) electrons. The second-order valence-corrected chi connectivity index (χ2v) is 4.85. The van der Waals surface area contributed by atoms with Crippen LogP contribution in [-0.4, -0.2) is 12.9 Å². The van der Waals surface area contributed by atoms with E-state index in [9.17, 15) is 4.79 Å². The van der Waals surface area contributed by atoms with Crippen molar-refractivity contribution < 1.29 is 9.53 Å². The van der Waals surface area contributed by atoms with Crippen LogP contribution in [0.4, 0.5) is 0 Å². The number of carbonyl (C=O) groups is 1. The van der Waals surface area contributed by atoms with Gasteiger partial charge in [0.1, 0.15) is 5.75 Å². The number of halogens is 1. The van der Waals surface area contributed by atoms with Gasteiger partial charge in [-0.05, 0) is 40.5 Å². The predicted octanol–water partition coefficient (Wildman–Crippen LogP) is 4.00. The second-order valence-electron chi connectivity index (χ2n) is 4.00. The van der Waals surface area contributed by atoms with Crippen molar-refractivity contribution in [2.24, 2.45) is 0 Å². The van der Waals surface area contributed by atoms with E-state index in [1.54, 1.807) is 7.11 Å². The van der Waals surface area contributed by atoms with E-state index < -0.39 is 0 Å². The van der Waals surface area contributed by atoms with E-state index in [1.807, 2.05) is 49.4 Å². The fraction of sp³-hybridized carbons (Fsp3) is 0.133. The summed E-state index contributed by atoms with van der Waals surface area (Å²) in [5, 5.41) is 0. The zero-order chi connectivity index (χ0) is 13.1. The molecule has 0 fully saturated rings. The minimum atomic E-state index is 0.0245. The number of carbonyl (C=O) groups excluding carboxylic acids is 1. The molecule has 0 aliphatic heterocycles. The molecule has 18 heavy (non-hydrogen) atoms. The lowest BCUT2D eigenvalue weighted by Crippen LogP contribution is -2.04. The molecule has 0 aromatic heterocycles. The van der Waals surface area contributed by atoms with Gasteiger partial charge in [0.25, 0.3) is 0 Å². The smallest absolute Gasteiger partial charge is 0.193 e. The van der Waals surface area contributed by atoms with E-state index in [4.69, 9.17) is 4.74 Å². The topological polar surface area (TPSA) is 26.3 Å². The Morgan fingerprint density at radius 2 is 1.83 bits per heavy atom. The molecular weight excluding hydrogens is 292 g/mol. The van der Waals surface area contributed by atoms with E-state index >= 15 is 0 Å². The Hall–Kier alpha value is -1.61. The van der Waals surface area contributed by atoms with Crippen LogP contribution in [0, 0.1) is 6.92 Å². The number of hydrogen-bond acceptors (Lipinski definition) is 2. The summed E-state index contributed by atoms with van der Waals surface area (Å²) >= 11 is 3.41. The lowest BCUT2D eigenvalue weighted by molar-refractivity contribution is 0.103. The highest BCUT2D eigenvalue weighted by molar-refractivity contribution is 9.10. The first-order valence-electron chi connectivity index (χ1n) is 5.57. The fourth-order valence-corrected chi connectivity index (χ4v) is 2.31. The van der Waals surface area contributed by atoms with Crippen LogP contribution in [-0.2, 0) is 0 Å². The van der Waals surface area contributed by atoms with E-state index in [0.717, 1.165) is 15.8 Å². The number of aryl methyl sites for hydroxylation is 1. The van der Waals surface area contributed by atoms with Gasteiger partial charge in [0.15, 0.2) is 5.78 Å². The molecule has 0 saturated carbocycles. The number of ketones is 1.